The summed E-state index contributed by atoms with van der Waals surface area (Å²) in [5, 5.41) is 2.70. The fourth-order valence-corrected chi connectivity index (χ4v) is 5.35. The van der Waals surface area contributed by atoms with Crippen molar-refractivity contribution in [1.82, 2.24) is 10.2 Å². The van der Waals surface area contributed by atoms with E-state index in [1.165, 1.54) is 12.0 Å². The summed E-state index contributed by atoms with van der Waals surface area (Å²) < 4.78 is 21.8. The molecule has 2 aromatic carbocycles. The van der Waals surface area contributed by atoms with Crippen molar-refractivity contribution in [3.05, 3.63) is 85.0 Å². The summed E-state index contributed by atoms with van der Waals surface area (Å²) in [5.41, 5.74) is 1.67. The zero-order chi connectivity index (χ0) is 37.1. The summed E-state index contributed by atoms with van der Waals surface area (Å²) in [7, 11) is 4.75. The molecule has 3 amide bonds. The molecule has 0 bridgehead atoms. The average Bonchev–Trinajstić information content (AvgIpc) is 3.09. The Morgan fingerprint density at radius 1 is 1.00 bits per heavy atom. The molecule has 0 spiro atoms. The number of nitrogens with one attached hydrogen (secondary N) is 1. The van der Waals surface area contributed by atoms with E-state index in [-0.39, 0.29) is 50.0 Å². The lowest BCUT2D eigenvalue weighted by atomic mass is 9.94. The largest absolute Gasteiger partial charge is 0.497 e. The highest BCUT2D eigenvalue weighted by molar-refractivity contribution is 6.40. The molecule has 11 heteroatoms. The predicted molar refractivity (Wildman–Crippen MR) is 194 cm³/mol. The number of carbonyl (C=O) groups is 4. The molecule has 0 aliphatic heterocycles. The Hall–Kier alpha value is -4.93. The van der Waals surface area contributed by atoms with Gasteiger partial charge in [-0.25, -0.2) is 9.59 Å². The van der Waals surface area contributed by atoms with Crippen LogP contribution < -0.4 is 14.8 Å². The van der Waals surface area contributed by atoms with Crippen LogP contribution in [0.5, 0.6) is 11.5 Å². The maximum atomic E-state index is 13.8. The quantitative estimate of drug-likeness (QED) is 0.0892. The van der Waals surface area contributed by atoms with Crippen molar-refractivity contribution in [2.24, 2.45) is 16.8 Å². The summed E-state index contributed by atoms with van der Waals surface area (Å²) in [6.07, 6.45) is 3.91. The van der Waals surface area contributed by atoms with Crippen LogP contribution >= 0.6 is 0 Å². The number of nitrogens with zero attached hydrogens (tertiary/aromatic N) is 2. The Balaban J connectivity index is 2.29. The molecular weight excluding hydrogens is 638 g/mol. The van der Waals surface area contributed by atoms with Crippen molar-refractivity contribution in [2.75, 3.05) is 27.9 Å². The van der Waals surface area contributed by atoms with Gasteiger partial charge in [0.1, 0.15) is 29.4 Å². The molecule has 2 rings (SSSR count). The Kier molecular flexibility index (Phi) is 18.1. The van der Waals surface area contributed by atoms with Gasteiger partial charge in [-0.15, -0.1) is 13.2 Å². The molecule has 0 saturated carbocycles. The van der Waals surface area contributed by atoms with E-state index in [1.807, 2.05) is 50.2 Å². The molecule has 272 valence electrons. The second kappa shape index (κ2) is 21.9. The molecule has 2 unspecified atom stereocenters. The first-order valence-corrected chi connectivity index (χ1v) is 16.9. The molecule has 0 aliphatic rings. The standard InChI is InChI=1S/C39H53N3O8/c1-9-12-19-32(23-28-17-14-13-15-18-28)50-39(46)41-33(22-27(4)5)36(43)40-34(38(45)49-11-3)24-29(16-10-2)37(44)42(6)26-30-20-21-31(47-7)25-35(30)48-8/h9-10,13-15,17-18,20-21,25,27,29,32,34H,1-2,11-12,16,19,22-24,26H2,3-8H3,(H,40,43)/b41-33+/t29?,32?,34-/m0/s1. The SMILES string of the molecule is C=CCCC(Cc1ccccc1)OC(=O)/N=C(\CC(C)C)C(=O)N[C@@H](CC(CC=C)C(=O)N(C)Cc1ccc(OC)cc1OC)C(=O)OCC. The average molecular weight is 692 g/mol. The Morgan fingerprint density at radius 2 is 1.72 bits per heavy atom. The van der Waals surface area contributed by atoms with Gasteiger partial charge in [-0.3, -0.25) is 9.59 Å². The summed E-state index contributed by atoms with van der Waals surface area (Å²) in [5.74, 6) is -1.30. The second-order valence-corrected chi connectivity index (χ2v) is 12.3. The first-order valence-electron chi connectivity index (χ1n) is 16.9. The monoisotopic (exact) mass is 691 g/mol. The number of rotatable bonds is 21. The predicted octanol–water partition coefficient (Wildman–Crippen LogP) is 6.49. The molecule has 0 fully saturated rings. The molecule has 0 saturated heterocycles. The third-order valence-corrected chi connectivity index (χ3v) is 7.83. The smallest absolute Gasteiger partial charge is 0.434 e. The minimum Gasteiger partial charge on any atom is -0.497 e. The number of hydrogen-bond acceptors (Lipinski definition) is 8. The van der Waals surface area contributed by atoms with Crippen molar-refractivity contribution < 1.29 is 38.1 Å². The number of carbonyl (C=O) groups excluding carboxylic acids is 4. The Bertz CT molecular complexity index is 1460. The summed E-state index contributed by atoms with van der Waals surface area (Å²) in [4.78, 5) is 59.3. The van der Waals surface area contributed by atoms with Crippen LogP contribution in [-0.4, -0.2) is 74.5 Å². The van der Waals surface area contributed by atoms with E-state index in [9.17, 15) is 19.2 Å². The third-order valence-electron chi connectivity index (χ3n) is 7.83. The maximum Gasteiger partial charge on any atom is 0.434 e. The van der Waals surface area contributed by atoms with Crippen LogP contribution in [0.2, 0.25) is 0 Å². The van der Waals surface area contributed by atoms with Crippen LogP contribution in [0, 0.1) is 11.8 Å². The minimum atomic E-state index is -1.20. The molecule has 50 heavy (non-hydrogen) atoms. The van der Waals surface area contributed by atoms with Crippen LogP contribution in [0.4, 0.5) is 4.79 Å². The fraction of sp³-hybridized carbons (Fsp3) is 0.462. The van der Waals surface area contributed by atoms with E-state index < -0.39 is 36.0 Å². The first-order chi connectivity index (χ1) is 23.9. The molecule has 0 heterocycles. The van der Waals surface area contributed by atoms with Gasteiger partial charge in [-0.05, 0) is 62.6 Å². The van der Waals surface area contributed by atoms with Gasteiger partial charge < -0.3 is 29.2 Å². The number of amides is 3. The van der Waals surface area contributed by atoms with Gasteiger partial charge in [0, 0.05) is 37.6 Å². The zero-order valence-electron chi connectivity index (χ0n) is 30.3. The van der Waals surface area contributed by atoms with Gasteiger partial charge in [0.2, 0.25) is 5.91 Å². The van der Waals surface area contributed by atoms with Gasteiger partial charge >= 0.3 is 12.1 Å². The Morgan fingerprint density at radius 3 is 2.32 bits per heavy atom. The van der Waals surface area contributed by atoms with E-state index in [2.05, 4.69) is 23.5 Å². The van der Waals surface area contributed by atoms with Crippen LogP contribution in [0.1, 0.15) is 64.0 Å². The van der Waals surface area contributed by atoms with Crippen LogP contribution in [-0.2, 0) is 36.8 Å². The van der Waals surface area contributed by atoms with Crippen LogP contribution in [0.25, 0.3) is 0 Å². The molecular formula is C39H53N3O8. The summed E-state index contributed by atoms with van der Waals surface area (Å²) in [6, 6.07) is 13.8. The normalized spacial score (nSPS) is 13.0. The lowest BCUT2D eigenvalue weighted by molar-refractivity contribution is -0.148. The van der Waals surface area contributed by atoms with Gasteiger partial charge in [0.25, 0.3) is 5.91 Å². The highest BCUT2D eigenvalue weighted by Crippen LogP contribution is 2.27. The molecule has 2 aromatic rings. The molecule has 0 aromatic heterocycles. The number of benzene rings is 2. The third kappa shape index (κ3) is 13.9. The van der Waals surface area contributed by atoms with Gasteiger partial charge in [0.15, 0.2) is 0 Å². The van der Waals surface area contributed by atoms with Crippen molar-refractivity contribution in [2.45, 2.75) is 78.0 Å². The number of allylic oxidation sites excluding steroid dienone is 2. The topological polar surface area (TPSA) is 133 Å². The number of aliphatic imine (C=N–C) groups is 1. The number of hydrogen-bond donors (Lipinski definition) is 1. The van der Waals surface area contributed by atoms with Crippen molar-refractivity contribution in [3.63, 3.8) is 0 Å². The number of esters is 1. The highest BCUT2D eigenvalue weighted by Gasteiger charge is 2.32. The summed E-state index contributed by atoms with van der Waals surface area (Å²) in [6.45, 7) is 13.3. The Labute approximate surface area is 296 Å². The second-order valence-electron chi connectivity index (χ2n) is 12.3. The van der Waals surface area contributed by atoms with E-state index in [0.29, 0.717) is 30.8 Å². The molecule has 0 aliphatic carbocycles. The number of ether oxygens (including phenoxy) is 4. The van der Waals surface area contributed by atoms with E-state index in [0.717, 1.165) is 11.1 Å². The number of methoxy groups -OCH3 is 2. The van der Waals surface area contributed by atoms with Crippen LogP contribution in [0.3, 0.4) is 0 Å². The molecule has 11 nitrogen and oxygen atoms in total. The van der Waals surface area contributed by atoms with Gasteiger partial charge in [0.05, 0.1) is 20.8 Å². The van der Waals surface area contributed by atoms with Crippen molar-refractivity contribution in [1.29, 1.82) is 0 Å². The molecule has 1 N–H and O–H groups in total. The lowest BCUT2D eigenvalue weighted by Gasteiger charge is -2.27. The lowest BCUT2D eigenvalue weighted by Crippen LogP contribution is -2.47. The zero-order valence-corrected chi connectivity index (χ0v) is 30.3. The van der Waals surface area contributed by atoms with Crippen molar-refractivity contribution in [3.8, 4) is 11.5 Å². The van der Waals surface area contributed by atoms with E-state index in [4.69, 9.17) is 18.9 Å². The van der Waals surface area contributed by atoms with Gasteiger partial charge in [-0.2, -0.15) is 4.99 Å². The first kappa shape index (κ1) is 41.2. The fourth-order valence-electron chi connectivity index (χ4n) is 5.35. The minimum absolute atomic E-state index is 0.0482. The van der Waals surface area contributed by atoms with Gasteiger partial charge in [-0.1, -0.05) is 56.3 Å². The molecule has 3 atom stereocenters. The maximum absolute atomic E-state index is 13.8. The molecule has 0 radical (unpaired) electrons. The van der Waals surface area contributed by atoms with Crippen molar-refractivity contribution >= 4 is 29.6 Å². The van der Waals surface area contributed by atoms with E-state index >= 15 is 0 Å². The summed E-state index contributed by atoms with van der Waals surface area (Å²) >= 11 is 0. The van der Waals surface area contributed by atoms with E-state index in [1.54, 1.807) is 45.4 Å². The van der Waals surface area contributed by atoms with Crippen LogP contribution in [0.15, 0.2) is 78.8 Å². The highest BCUT2D eigenvalue weighted by atomic mass is 16.6.